The van der Waals surface area contributed by atoms with Gasteiger partial charge in [0.25, 0.3) is 0 Å². The van der Waals surface area contributed by atoms with Crippen LogP contribution in [0.25, 0.3) is 11.4 Å². The summed E-state index contributed by atoms with van der Waals surface area (Å²) in [5.74, 6) is 2.26. The summed E-state index contributed by atoms with van der Waals surface area (Å²) in [7, 11) is 0. The third-order valence-electron chi connectivity index (χ3n) is 2.98. The molecule has 1 aromatic carbocycles. The largest absolute Gasteiger partial charge is 0.369 e. The van der Waals surface area contributed by atoms with E-state index in [4.69, 9.17) is 9.97 Å². The van der Waals surface area contributed by atoms with Crippen molar-refractivity contribution in [2.24, 2.45) is 5.92 Å². The van der Waals surface area contributed by atoms with Gasteiger partial charge in [0, 0.05) is 16.6 Å². The Labute approximate surface area is 148 Å². The quantitative estimate of drug-likeness (QED) is 0.629. The van der Waals surface area contributed by atoms with E-state index >= 15 is 0 Å². The minimum absolute atomic E-state index is 0.565. The summed E-state index contributed by atoms with van der Waals surface area (Å²) in [6.07, 6.45) is 0.955. The van der Waals surface area contributed by atoms with Crippen LogP contribution in [0, 0.1) is 9.49 Å². The zero-order valence-corrected chi connectivity index (χ0v) is 16.2. The molecule has 0 amide bonds. The summed E-state index contributed by atoms with van der Waals surface area (Å²) >= 11 is 5.93. The monoisotopic (exact) mass is 459 g/mol. The van der Waals surface area contributed by atoms with Crippen molar-refractivity contribution in [2.75, 3.05) is 11.9 Å². The number of rotatable bonds is 5. The topological polar surface area (TPSA) is 37.8 Å². The molecule has 0 aliphatic heterocycles. The molecule has 112 valence electrons. The third kappa shape index (κ3) is 4.16. The van der Waals surface area contributed by atoms with E-state index in [9.17, 15) is 0 Å². The molecule has 0 aliphatic carbocycles. The second-order valence-electron chi connectivity index (χ2n) is 5.26. The minimum atomic E-state index is 0.565. The lowest BCUT2D eigenvalue weighted by Gasteiger charge is -2.14. The maximum Gasteiger partial charge on any atom is 0.162 e. The SMILES string of the molecule is CCNc1nc(-c2ccccc2Br)nc(CC(C)C)c1I. The molecular formula is C16H19BrIN3. The Morgan fingerprint density at radius 3 is 2.57 bits per heavy atom. The molecule has 0 atom stereocenters. The van der Waals surface area contributed by atoms with Crippen LogP contribution >= 0.6 is 38.5 Å². The molecule has 1 aromatic heterocycles. The van der Waals surface area contributed by atoms with Gasteiger partial charge in [0.2, 0.25) is 0 Å². The summed E-state index contributed by atoms with van der Waals surface area (Å²) in [5.41, 5.74) is 2.14. The first-order valence-corrected chi connectivity index (χ1v) is 8.95. The number of nitrogens with one attached hydrogen (secondary N) is 1. The molecule has 0 saturated carbocycles. The Kier molecular flexibility index (Phi) is 5.98. The predicted octanol–water partition coefficient (Wildman–Crippen LogP) is 5.14. The number of anilines is 1. The Morgan fingerprint density at radius 1 is 1.24 bits per heavy atom. The highest BCUT2D eigenvalue weighted by Gasteiger charge is 2.15. The van der Waals surface area contributed by atoms with Gasteiger partial charge in [-0.2, -0.15) is 0 Å². The number of nitrogens with zero attached hydrogens (tertiary/aromatic N) is 2. The van der Waals surface area contributed by atoms with Crippen LogP contribution in [0.15, 0.2) is 28.7 Å². The molecule has 2 aromatic rings. The summed E-state index contributed by atoms with van der Waals surface area (Å²) in [6.45, 7) is 7.36. The Hall–Kier alpha value is -0.690. The molecule has 0 spiro atoms. The number of benzene rings is 1. The lowest BCUT2D eigenvalue weighted by molar-refractivity contribution is 0.632. The third-order valence-corrected chi connectivity index (χ3v) is 4.81. The molecule has 5 heteroatoms. The maximum absolute atomic E-state index is 4.80. The summed E-state index contributed by atoms with van der Waals surface area (Å²) < 4.78 is 2.14. The zero-order valence-electron chi connectivity index (χ0n) is 12.5. The van der Waals surface area contributed by atoms with Gasteiger partial charge in [-0.25, -0.2) is 9.97 Å². The molecule has 0 unspecified atom stereocenters. The Bertz CT molecular complexity index is 629. The van der Waals surface area contributed by atoms with E-state index in [2.05, 4.69) is 64.6 Å². The van der Waals surface area contributed by atoms with E-state index in [-0.39, 0.29) is 0 Å². The van der Waals surface area contributed by atoms with E-state index in [0.717, 1.165) is 43.9 Å². The number of aromatic nitrogens is 2. The lowest BCUT2D eigenvalue weighted by Crippen LogP contribution is -2.10. The van der Waals surface area contributed by atoms with E-state index in [1.807, 2.05) is 24.3 Å². The summed E-state index contributed by atoms with van der Waals surface area (Å²) in [5, 5.41) is 3.35. The molecule has 0 bridgehead atoms. The fraction of sp³-hybridized carbons (Fsp3) is 0.375. The van der Waals surface area contributed by atoms with Gasteiger partial charge in [-0.15, -0.1) is 0 Å². The van der Waals surface area contributed by atoms with Gasteiger partial charge in [-0.05, 0) is 47.9 Å². The van der Waals surface area contributed by atoms with Crippen molar-refractivity contribution in [2.45, 2.75) is 27.2 Å². The van der Waals surface area contributed by atoms with Crippen molar-refractivity contribution in [3.63, 3.8) is 0 Å². The molecule has 3 nitrogen and oxygen atoms in total. The van der Waals surface area contributed by atoms with E-state index in [1.54, 1.807) is 0 Å². The molecule has 0 fully saturated rings. The smallest absolute Gasteiger partial charge is 0.162 e. The number of hydrogen-bond donors (Lipinski definition) is 1. The number of hydrogen-bond acceptors (Lipinski definition) is 3. The second-order valence-corrected chi connectivity index (χ2v) is 7.20. The van der Waals surface area contributed by atoms with Crippen LogP contribution in [-0.4, -0.2) is 16.5 Å². The van der Waals surface area contributed by atoms with Gasteiger partial charge < -0.3 is 5.32 Å². The fourth-order valence-corrected chi connectivity index (χ4v) is 3.18. The molecule has 2 rings (SSSR count). The molecule has 0 aliphatic rings. The minimum Gasteiger partial charge on any atom is -0.369 e. The molecule has 1 N–H and O–H groups in total. The van der Waals surface area contributed by atoms with Crippen molar-refractivity contribution < 1.29 is 0 Å². The van der Waals surface area contributed by atoms with Crippen molar-refractivity contribution in [3.05, 3.63) is 38.0 Å². The van der Waals surface area contributed by atoms with Crippen molar-refractivity contribution in [3.8, 4) is 11.4 Å². The zero-order chi connectivity index (χ0) is 15.4. The average molecular weight is 460 g/mol. The normalized spacial score (nSPS) is 11.0. The van der Waals surface area contributed by atoms with Gasteiger partial charge in [0.05, 0.1) is 9.26 Å². The number of halogens is 2. The highest BCUT2D eigenvalue weighted by atomic mass is 127. The highest BCUT2D eigenvalue weighted by Crippen LogP contribution is 2.29. The highest BCUT2D eigenvalue weighted by molar-refractivity contribution is 14.1. The first-order valence-electron chi connectivity index (χ1n) is 7.08. The second kappa shape index (κ2) is 7.54. The van der Waals surface area contributed by atoms with Gasteiger partial charge in [-0.1, -0.05) is 48.0 Å². The fourth-order valence-electron chi connectivity index (χ4n) is 2.06. The van der Waals surface area contributed by atoms with E-state index in [0.29, 0.717) is 5.92 Å². The molecule has 0 radical (unpaired) electrons. The van der Waals surface area contributed by atoms with Gasteiger partial charge in [0.1, 0.15) is 5.82 Å². The standard InChI is InChI=1S/C16H19BrIN3/c1-4-19-16-14(18)13(9-10(2)3)20-15(21-16)11-7-5-6-8-12(11)17/h5-8,10H,4,9H2,1-3H3,(H,19,20,21). The van der Waals surface area contributed by atoms with Crippen LogP contribution in [-0.2, 0) is 6.42 Å². The van der Waals surface area contributed by atoms with E-state index < -0.39 is 0 Å². The van der Waals surface area contributed by atoms with Crippen molar-refractivity contribution >= 4 is 44.3 Å². The first kappa shape index (κ1) is 16.7. The van der Waals surface area contributed by atoms with Crippen LogP contribution in [0.3, 0.4) is 0 Å². The van der Waals surface area contributed by atoms with Crippen LogP contribution in [0.5, 0.6) is 0 Å². The maximum atomic E-state index is 4.80. The van der Waals surface area contributed by atoms with Crippen LogP contribution in [0.4, 0.5) is 5.82 Å². The summed E-state index contributed by atoms with van der Waals surface area (Å²) in [4.78, 5) is 9.50. The molecule has 21 heavy (non-hydrogen) atoms. The van der Waals surface area contributed by atoms with Crippen LogP contribution in [0.1, 0.15) is 26.5 Å². The van der Waals surface area contributed by atoms with Crippen molar-refractivity contribution in [1.82, 2.24) is 9.97 Å². The molecule has 0 saturated heterocycles. The molecular weight excluding hydrogens is 441 g/mol. The van der Waals surface area contributed by atoms with E-state index in [1.165, 1.54) is 0 Å². The van der Waals surface area contributed by atoms with Gasteiger partial charge in [-0.3, -0.25) is 0 Å². The Morgan fingerprint density at radius 2 is 1.95 bits per heavy atom. The van der Waals surface area contributed by atoms with Crippen LogP contribution < -0.4 is 5.32 Å². The molecule has 1 heterocycles. The van der Waals surface area contributed by atoms with Crippen LogP contribution in [0.2, 0.25) is 0 Å². The van der Waals surface area contributed by atoms with Crippen molar-refractivity contribution in [1.29, 1.82) is 0 Å². The summed E-state index contributed by atoms with van der Waals surface area (Å²) in [6, 6.07) is 8.07. The average Bonchev–Trinajstić information content (AvgIpc) is 2.43. The lowest BCUT2D eigenvalue weighted by atomic mass is 10.1. The first-order chi connectivity index (χ1) is 10.0. The van der Waals surface area contributed by atoms with Gasteiger partial charge >= 0.3 is 0 Å². The predicted molar refractivity (Wildman–Crippen MR) is 101 cm³/mol. The Balaban J connectivity index is 2.56. The van der Waals surface area contributed by atoms with Gasteiger partial charge in [0.15, 0.2) is 5.82 Å².